The Morgan fingerprint density at radius 2 is 1.79 bits per heavy atom. The van der Waals surface area contributed by atoms with E-state index in [1.807, 2.05) is 40.7 Å². The van der Waals surface area contributed by atoms with Crippen LogP contribution >= 0.6 is 11.5 Å². The molecule has 1 aliphatic rings. The lowest BCUT2D eigenvalue weighted by molar-refractivity contribution is 0.567. The first-order valence-corrected chi connectivity index (χ1v) is 10.3. The molecule has 0 saturated carbocycles. The third-order valence-corrected chi connectivity index (χ3v) is 6.28. The Morgan fingerprint density at radius 1 is 1.07 bits per heavy atom. The predicted molar refractivity (Wildman–Crippen MR) is 115 cm³/mol. The van der Waals surface area contributed by atoms with Crippen molar-refractivity contribution in [3.63, 3.8) is 0 Å². The number of hydrogen-bond donors (Lipinski definition) is 2. The van der Waals surface area contributed by atoms with Crippen LogP contribution in [0.3, 0.4) is 0 Å². The summed E-state index contributed by atoms with van der Waals surface area (Å²) < 4.78 is 19.5. The van der Waals surface area contributed by atoms with Gasteiger partial charge in [-0.15, -0.1) is 0 Å². The van der Waals surface area contributed by atoms with Crippen molar-refractivity contribution in [1.29, 1.82) is 0 Å². The van der Waals surface area contributed by atoms with E-state index in [4.69, 9.17) is 0 Å². The Bertz CT molecular complexity index is 1350. The number of hydrogen-bond acceptors (Lipinski definition) is 5. The third kappa shape index (κ3) is 2.87. The number of aryl methyl sites for hydroxylation is 1. The molecule has 1 aliphatic heterocycles. The number of nitrogens with zero attached hydrogens (tertiary/aromatic N) is 2. The summed E-state index contributed by atoms with van der Waals surface area (Å²) in [4.78, 5) is 27.9. The van der Waals surface area contributed by atoms with Crippen molar-refractivity contribution >= 4 is 38.3 Å². The molecule has 0 radical (unpaired) electrons. The summed E-state index contributed by atoms with van der Waals surface area (Å²) in [5.41, 5.74) is 2.11. The molecule has 1 fully saturated rings. The highest BCUT2D eigenvalue weighted by Gasteiger charge is 2.21. The Labute approximate surface area is 169 Å². The van der Waals surface area contributed by atoms with Gasteiger partial charge in [0, 0.05) is 31.9 Å². The number of aromatic amines is 1. The zero-order valence-corrected chi connectivity index (χ0v) is 16.6. The number of rotatable bonds is 2. The maximum Gasteiger partial charge on any atom is 0.271 e. The second kappa shape index (κ2) is 6.82. The van der Waals surface area contributed by atoms with Crippen LogP contribution in [0.1, 0.15) is 5.56 Å². The van der Waals surface area contributed by atoms with E-state index in [0.29, 0.717) is 29.1 Å². The Balaban J connectivity index is 1.90. The average molecular weight is 410 g/mol. The summed E-state index contributed by atoms with van der Waals surface area (Å²) in [5.74, 6) is -0.446. The van der Waals surface area contributed by atoms with E-state index >= 15 is 4.39 Å². The number of halogens is 1. The molecule has 4 aromatic rings. The normalized spacial score (nSPS) is 14.8. The molecule has 0 aliphatic carbocycles. The Morgan fingerprint density at radius 3 is 2.52 bits per heavy atom. The molecular formula is C21H19FN4O2S. The van der Waals surface area contributed by atoms with Gasteiger partial charge >= 0.3 is 0 Å². The van der Waals surface area contributed by atoms with Gasteiger partial charge in [0.2, 0.25) is 5.43 Å². The minimum absolute atomic E-state index is 0.0670. The number of anilines is 1. The highest BCUT2D eigenvalue weighted by atomic mass is 32.1. The lowest BCUT2D eigenvalue weighted by atomic mass is 10.1. The van der Waals surface area contributed by atoms with Crippen molar-refractivity contribution in [2.24, 2.45) is 0 Å². The topological polar surface area (TPSA) is 70.1 Å². The molecule has 2 N–H and O–H groups in total. The van der Waals surface area contributed by atoms with Gasteiger partial charge in [-0.3, -0.25) is 18.5 Å². The van der Waals surface area contributed by atoms with Gasteiger partial charge in [-0.1, -0.05) is 17.7 Å². The quantitative estimate of drug-likeness (QED) is 0.533. The summed E-state index contributed by atoms with van der Waals surface area (Å²) in [5, 5.41) is 3.54. The molecule has 0 unspecified atom stereocenters. The van der Waals surface area contributed by atoms with Crippen molar-refractivity contribution < 1.29 is 4.39 Å². The van der Waals surface area contributed by atoms with Gasteiger partial charge < -0.3 is 10.2 Å². The van der Waals surface area contributed by atoms with Gasteiger partial charge in [-0.2, -0.15) is 0 Å². The van der Waals surface area contributed by atoms with E-state index < -0.39 is 16.8 Å². The van der Waals surface area contributed by atoms with E-state index in [2.05, 4.69) is 9.69 Å². The van der Waals surface area contributed by atoms with E-state index in [0.717, 1.165) is 35.9 Å². The molecule has 8 heteroatoms. The molecule has 6 nitrogen and oxygen atoms in total. The van der Waals surface area contributed by atoms with Crippen LogP contribution in [0.5, 0.6) is 0 Å². The van der Waals surface area contributed by atoms with Gasteiger partial charge in [-0.05, 0) is 42.7 Å². The number of benzene rings is 2. The van der Waals surface area contributed by atoms with Crippen LogP contribution in [-0.2, 0) is 0 Å². The SMILES string of the molecule is Cc1ccc(-n2c3cc(N4CCNCC4)c(F)cc3c(=O)c3c(=O)[nH]sc32)cc1. The first-order chi connectivity index (χ1) is 14.0. The Kier molecular flexibility index (Phi) is 4.25. The van der Waals surface area contributed by atoms with Crippen LogP contribution in [0.25, 0.3) is 26.8 Å². The molecule has 29 heavy (non-hydrogen) atoms. The standard InChI is InChI=1S/C21H19FN4O2S/c1-12-2-4-13(5-3-12)26-16-11-17(25-8-6-23-7-9-25)15(22)10-14(16)19(27)18-20(28)24-29-21(18)26/h2-5,10-11,23H,6-9H2,1H3,(H,24,28). The molecule has 148 valence electrons. The molecule has 2 aromatic carbocycles. The molecule has 0 spiro atoms. The first kappa shape index (κ1) is 18.1. The Hall–Kier alpha value is -2.97. The number of aromatic nitrogens is 2. The van der Waals surface area contributed by atoms with Crippen molar-refractivity contribution in [3.05, 3.63) is 68.4 Å². The second-order valence-corrected chi connectivity index (χ2v) is 8.07. The van der Waals surface area contributed by atoms with Crippen LogP contribution < -0.4 is 21.2 Å². The molecule has 3 heterocycles. The van der Waals surface area contributed by atoms with E-state index in [1.165, 1.54) is 6.07 Å². The van der Waals surface area contributed by atoms with Gasteiger partial charge in [0.15, 0.2) is 0 Å². The van der Waals surface area contributed by atoms with E-state index in [1.54, 1.807) is 6.07 Å². The van der Waals surface area contributed by atoms with Crippen LogP contribution in [0.4, 0.5) is 10.1 Å². The lowest BCUT2D eigenvalue weighted by Gasteiger charge is -2.30. The fourth-order valence-electron chi connectivity index (χ4n) is 3.91. The molecule has 0 bridgehead atoms. The maximum absolute atomic E-state index is 15.0. The van der Waals surface area contributed by atoms with Crippen molar-refractivity contribution in [3.8, 4) is 5.69 Å². The zero-order valence-electron chi connectivity index (χ0n) is 15.8. The minimum Gasteiger partial charge on any atom is -0.367 e. The van der Waals surface area contributed by atoms with Crippen molar-refractivity contribution in [1.82, 2.24) is 14.3 Å². The largest absolute Gasteiger partial charge is 0.367 e. The predicted octanol–water partition coefficient (Wildman–Crippen LogP) is 2.75. The van der Waals surface area contributed by atoms with Crippen LogP contribution in [0, 0.1) is 12.7 Å². The first-order valence-electron chi connectivity index (χ1n) is 9.47. The molecule has 5 rings (SSSR count). The molecule has 1 saturated heterocycles. The lowest BCUT2D eigenvalue weighted by Crippen LogP contribution is -2.43. The van der Waals surface area contributed by atoms with Crippen molar-refractivity contribution in [2.45, 2.75) is 6.92 Å². The number of pyridine rings is 1. The second-order valence-electron chi connectivity index (χ2n) is 7.27. The summed E-state index contributed by atoms with van der Waals surface area (Å²) in [7, 11) is 0. The van der Waals surface area contributed by atoms with Crippen LogP contribution in [0.15, 0.2) is 46.0 Å². The van der Waals surface area contributed by atoms with E-state index in [-0.39, 0.29) is 10.8 Å². The van der Waals surface area contributed by atoms with Gasteiger partial charge in [-0.25, -0.2) is 4.39 Å². The molecule has 2 aromatic heterocycles. The number of nitrogens with one attached hydrogen (secondary N) is 2. The summed E-state index contributed by atoms with van der Waals surface area (Å²) in [6, 6.07) is 10.8. The highest BCUT2D eigenvalue weighted by molar-refractivity contribution is 7.12. The fraction of sp³-hybridized carbons (Fsp3) is 0.238. The van der Waals surface area contributed by atoms with E-state index in [9.17, 15) is 9.59 Å². The number of fused-ring (bicyclic) bond motifs is 2. The molecule has 0 amide bonds. The van der Waals surface area contributed by atoms with Gasteiger partial charge in [0.25, 0.3) is 5.56 Å². The summed E-state index contributed by atoms with van der Waals surface area (Å²) in [6.07, 6.45) is 0. The van der Waals surface area contributed by atoms with Gasteiger partial charge in [0.1, 0.15) is 16.0 Å². The summed E-state index contributed by atoms with van der Waals surface area (Å²) in [6.45, 7) is 4.94. The number of piperazine rings is 1. The average Bonchev–Trinajstić information content (AvgIpc) is 3.12. The van der Waals surface area contributed by atoms with Crippen LogP contribution in [0.2, 0.25) is 0 Å². The van der Waals surface area contributed by atoms with Crippen molar-refractivity contribution in [2.75, 3.05) is 31.1 Å². The smallest absolute Gasteiger partial charge is 0.271 e. The van der Waals surface area contributed by atoms with Crippen LogP contribution in [-0.4, -0.2) is 35.1 Å². The molecular weight excluding hydrogens is 391 g/mol. The fourth-order valence-corrected chi connectivity index (χ4v) is 4.79. The van der Waals surface area contributed by atoms with Gasteiger partial charge in [0.05, 0.1) is 16.6 Å². The zero-order chi connectivity index (χ0) is 20.1. The maximum atomic E-state index is 15.0. The third-order valence-electron chi connectivity index (χ3n) is 5.41. The molecule has 0 atom stereocenters. The monoisotopic (exact) mass is 410 g/mol. The minimum atomic E-state index is -0.446. The summed E-state index contributed by atoms with van der Waals surface area (Å²) >= 11 is 1.12. The highest BCUT2D eigenvalue weighted by Crippen LogP contribution is 2.30. The number of H-pyrrole nitrogens is 1.